The Kier molecular flexibility index (Phi) is 3.30. The van der Waals surface area contributed by atoms with Gasteiger partial charge in [0.15, 0.2) is 0 Å². The lowest BCUT2D eigenvalue weighted by Crippen LogP contribution is -2.05. The molecule has 2 heteroatoms. The summed E-state index contributed by atoms with van der Waals surface area (Å²) in [4.78, 5) is 0. The van der Waals surface area contributed by atoms with Gasteiger partial charge in [0, 0.05) is 19.6 Å². The minimum absolute atomic E-state index is 0.00968. The second-order valence-corrected chi connectivity index (χ2v) is 2.69. The molecular weight excluding hydrogens is 143 g/mol. The van der Waals surface area contributed by atoms with E-state index in [4.69, 9.17) is 4.74 Å². The van der Waals surface area contributed by atoms with Crippen LogP contribution in [0.4, 0.5) is 4.39 Å². The van der Waals surface area contributed by atoms with Gasteiger partial charge in [-0.1, -0.05) is 12.2 Å². The molecule has 0 amide bonds. The number of halogens is 1. The third-order valence-corrected chi connectivity index (χ3v) is 1.87. The standard InChI is InChI=1S/C9H13FO/c1-11-7-6-8-4-2-3-5-9(8)10/h2-3,5,8H,4,6-7H2,1H3. The molecule has 0 fully saturated rings. The van der Waals surface area contributed by atoms with E-state index in [9.17, 15) is 4.39 Å². The predicted octanol–water partition coefficient (Wildman–Crippen LogP) is 2.45. The molecule has 0 N–H and O–H groups in total. The Labute approximate surface area is 66.6 Å². The maximum atomic E-state index is 12.9. The summed E-state index contributed by atoms with van der Waals surface area (Å²) < 4.78 is 17.8. The average molecular weight is 156 g/mol. The highest BCUT2D eigenvalue weighted by molar-refractivity contribution is 5.15. The van der Waals surface area contributed by atoms with Crippen LogP contribution >= 0.6 is 0 Å². The van der Waals surface area contributed by atoms with Gasteiger partial charge < -0.3 is 4.74 Å². The molecule has 0 saturated carbocycles. The van der Waals surface area contributed by atoms with Crippen LogP contribution < -0.4 is 0 Å². The number of hydrogen-bond acceptors (Lipinski definition) is 1. The second-order valence-electron chi connectivity index (χ2n) is 2.69. The fourth-order valence-corrected chi connectivity index (χ4v) is 1.17. The first-order valence-corrected chi connectivity index (χ1v) is 3.85. The van der Waals surface area contributed by atoms with Gasteiger partial charge >= 0.3 is 0 Å². The molecule has 0 heterocycles. The second kappa shape index (κ2) is 4.29. The zero-order chi connectivity index (χ0) is 8.10. The largest absolute Gasteiger partial charge is 0.385 e. The number of allylic oxidation sites excluding steroid dienone is 4. The first kappa shape index (κ1) is 8.47. The summed E-state index contributed by atoms with van der Waals surface area (Å²) >= 11 is 0. The molecule has 0 aromatic heterocycles. The van der Waals surface area contributed by atoms with E-state index in [1.807, 2.05) is 6.08 Å². The molecule has 0 aromatic rings. The van der Waals surface area contributed by atoms with Crippen molar-refractivity contribution in [1.82, 2.24) is 0 Å². The van der Waals surface area contributed by atoms with Crippen molar-refractivity contribution in [3.8, 4) is 0 Å². The van der Waals surface area contributed by atoms with Crippen LogP contribution in [0.25, 0.3) is 0 Å². The van der Waals surface area contributed by atoms with Crippen LogP contribution in [0.2, 0.25) is 0 Å². The van der Waals surface area contributed by atoms with Crippen LogP contribution in [0.5, 0.6) is 0 Å². The predicted molar refractivity (Wildman–Crippen MR) is 42.9 cm³/mol. The van der Waals surface area contributed by atoms with Crippen LogP contribution in [-0.2, 0) is 4.74 Å². The third kappa shape index (κ3) is 2.46. The summed E-state index contributed by atoms with van der Waals surface area (Å²) in [6, 6.07) is 0. The van der Waals surface area contributed by atoms with Crippen molar-refractivity contribution in [2.45, 2.75) is 12.8 Å². The number of methoxy groups -OCH3 is 1. The van der Waals surface area contributed by atoms with Crippen LogP contribution in [-0.4, -0.2) is 13.7 Å². The Morgan fingerprint density at radius 3 is 3.18 bits per heavy atom. The molecule has 0 saturated heterocycles. The molecule has 1 rings (SSSR count). The average Bonchev–Trinajstić information content (AvgIpc) is 2.03. The number of ether oxygens (including phenoxy) is 1. The van der Waals surface area contributed by atoms with Crippen LogP contribution in [0, 0.1) is 5.92 Å². The monoisotopic (exact) mass is 156 g/mol. The van der Waals surface area contributed by atoms with Gasteiger partial charge in [0.2, 0.25) is 0 Å². The van der Waals surface area contributed by atoms with Gasteiger partial charge in [-0.25, -0.2) is 4.39 Å². The Balaban J connectivity index is 2.35. The number of hydrogen-bond donors (Lipinski definition) is 0. The Morgan fingerprint density at radius 2 is 2.55 bits per heavy atom. The maximum Gasteiger partial charge on any atom is 0.103 e. The molecule has 11 heavy (non-hydrogen) atoms. The lowest BCUT2D eigenvalue weighted by molar-refractivity contribution is 0.178. The molecule has 1 aliphatic carbocycles. The maximum absolute atomic E-state index is 12.9. The quantitative estimate of drug-likeness (QED) is 0.609. The van der Waals surface area contributed by atoms with Crippen molar-refractivity contribution in [2.75, 3.05) is 13.7 Å². The summed E-state index contributed by atoms with van der Waals surface area (Å²) in [7, 11) is 1.64. The van der Waals surface area contributed by atoms with Gasteiger partial charge in [0.25, 0.3) is 0 Å². The van der Waals surface area contributed by atoms with Gasteiger partial charge in [-0.15, -0.1) is 0 Å². The van der Waals surface area contributed by atoms with Gasteiger partial charge in [-0.3, -0.25) is 0 Å². The zero-order valence-electron chi connectivity index (χ0n) is 6.72. The van der Waals surface area contributed by atoms with Gasteiger partial charge in [0.05, 0.1) is 0 Å². The molecular formula is C9H13FO. The SMILES string of the molecule is COCCC1CC=CC=C1F. The van der Waals surface area contributed by atoms with E-state index in [2.05, 4.69) is 0 Å². The van der Waals surface area contributed by atoms with Crippen molar-refractivity contribution in [1.29, 1.82) is 0 Å². The van der Waals surface area contributed by atoms with Crippen molar-refractivity contribution in [2.24, 2.45) is 5.92 Å². The summed E-state index contributed by atoms with van der Waals surface area (Å²) in [5, 5.41) is 0. The smallest absolute Gasteiger partial charge is 0.103 e. The van der Waals surface area contributed by atoms with Crippen molar-refractivity contribution in [3.05, 3.63) is 24.1 Å². The molecule has 0 aromatic carbocycles. The van der Waals surface area contributed by atoms with Crippen LogP contribution in [0.1, 0.15) is 12.8 Å². The van der Waals surface area contributed by atoms with E-state index in [0.717, 1.165) is 12.8 Å². The van der Waals surface area contributed by atoms with Gasteiger partial charge in [-0.05, 0) is 18.9 Å². The molecule has 1 atom stereocenters. The minimum atomic E-state index is -0.00968. The van der Waals surface area contributed by atoms with E-state index < -0.39 is 0 Å². The molecule has 1 unspecified atom stereocenters. The first-order valence-electron chi connectivity index (χ1n) is 3.85. The number of rotatable bonds is 3. The van der Waals surface area contributed by atoms with Crippen LogP contribution in [0.15, 0.2) is 24.1 Å². The molecule has 0 bridgehead atoms. The van der Waals surface area contributed by atoms with Crippen molar-refractivity contribution < 1.29 is 9.13 Å². The Bertz CT molecular complexity index is 172. The topological polar surface area (TPSA) is 9.23 Å². The lowest BCUT2D eigenvalue weighted by Gasteiger charge is -2.14. The van der Waals surface area contributed by atoms with Gasteiger partial charge in [-0.2, -0.15) is 0 Å². The molecule has 1 nitrogen and oxygen atoms in total. The third-order valence-electron chi connectivity index (χ3n) is 1.87. The lowest BCUT2D eigenvalue weighted by atomic mass is 9.96. The van der Waals surface area contributed by atoms with E-state index in [-0.39, 0.29) is 11.7 Å². The summed E-state index contributed by atoms with van der Waals surface area (Å²) in [5.41, 5.74) is 0. The van der Waals surface area contributed by atoms with Crippen molar-refractivity contribution in [3.63, 3.8) is 0 Å². The highest BCUT2D eigenvalue weighted by Gasteiger charge is 2.13. The van der Waals surface area contributed by atoms with Crippen molar-refractivity contribution >= 4 is 0 Å². The zero-order valence-corrected chi connectivity index (χ0v) is 6.72. The molecule has 0 spiro atoms. The van der Waals surface area contributed by atoms with E-state index in [1.54, 1.807) is 13.2 Å². The highest BCUT2D eigenvalue weighted by atomic mass is 19.1. The van der Waals surface area contributed by atoms with Gasteiger partial charge in [0.1, 0.15) is 5.83 Å². The van der Waals surface area contributed by atoms with E-state index >= 15 is 0 Å². The fraction of sp³-hybridized carbons (Fsp3) is 0.556. The first-order chi connectivity index (χ1) is 5.34. The molecule has 0 aliphatic heterocycles. The molecule has 0 radical (unpaired) electrons. The van der Waals surface area contributed by atoms with E-state index in [1.165, 1.54) is 6.08 Å². The summed E-state index contributed by atoms with van der Waals surface area (Å²) in [6.07, 6.45) is 6.88. The van der Waals surface area contributed by atoms with E-state index in [0.29, 0.717) is 6.61 Å². The highest BCUT2D eigenvalue weighted by Crippen LogP contribution is 2.24. The Morgan fingerprint density at radius 1 is 1.73 bits per heavy atom. The Hall–Kier alpha value is -0.630. The molecule has 62 valence electrons. The normalized spacial score (nSPS) is 23.5. The minimum Gasteiger partial charge on any atom is -0.385 e. The summed E-state index contributed by atoms with van der Waals surface area (Å²) in [6.45, 7) is 0.639. The summed E-state index contributed by atoms with van der Waals surface area (Å²) in [5.74, 6) is 0.0458. The molecule has 1 aliphatic rings. The van der Waals surface area contributed by atoms with Crippen LogP contribution in [0.3, 0.4) is 0 Å². The fourth-order valence-electron chi connectivity index (χ4n) is 1.17.